The fraction of sp³-hybridized carbons (Fsp3) is 0.706. The molecule has 1 rings (SSSR count). The largest absolute Gasteiger partial charge is 0.490 e. The van der Waals surface area contributed by atoms with Crippen molar-refractivity contribution in [3.05, 3.63) is 23.5 Å². The zero-order valence-corrected chi connectivity index (χ0v) is 13.9. The molecule has 1 unspecified atom stereocenters. The summed E-state index contributed by atoms with van der Waals surface area (Å²) in [5.74, 6) is 2.27. The van der Waals surface area contributed by atoms with Gasteiger partial charge in [0.25, 0.3) is 0 Å². The quantitative estimate of drug-likeness (QED) is 0.782. The first-order valence-corrected chi connectivity index (χ1v) is 7.71. The van der Waals surface area contributed by atoms with Crippen molar-refractivity contribution >= 4 is 0 Å². The highest BCUT2D eigenvalue weighted by Gasteiger charge is 2.11. The lowest BCUT2D eigenvalue weighted by atomic mass is 10.1. The van der Waals surface area contributed by atoms with Crippen molar-refractivity contribution in [1.29, 1.82) is 0 Å². The molecule has 1 aromatic rings. The molecule has 1 N–H and O–H groups in total. The number of rotatable bonds is 8. The topological polar surface area (TPSA) is 34.1 Å². The molecule has 0 aromatic carbocycles. The molecule has 0 amide bonds. The Morgan fingerprint density at radius 2 is 1.85 bits per heavy atom. The minimum Gasteiger partial charge on any atom is -0.490 e. The van der Waals surface area contributed by atoms with Crippen LogP contribution in [0.25, 0.3) is 0 Å². The number of aromatic nitrogens is 1. The van der Waals surface area contributed by atoms with Crippen LogP contribution in [-0.4, -0.2) is 17.6 Å². The van der Waals surface area contributed by atoms with Crippen molar-refractivity contribution in [1.82, 2.24) is 10.3 Å². The molecule has 0 aliphatic rings. The molecule has 1 atom stereocenters. The molecular weight excluding hydrogens is 248 g/mol. The molecule has 3 nitrogen and oxygen atoms in total. The number of nitrogens with zero attached hydrogens (tertiary/aromatic N) is 1. The zero-order valence-electron chi connectivity index (χ0n) is 13.9. The summed E-state index contributed by atoms with van der Waals surface area (Å²) in [5, 5.41) is 3.46. The third-order valence-electron chi connectivity index (χ3n) is 3.08. The van der Waals surface area contributed by atoms with E-state index < -0.39 is 0 Å². The minimum absolute atomic E-state index is 0.237. The summed E-state index contributed by atoms with van der Waals surface area (Å²) in [4.78, 5) is 4.39. The Morgan fingerprint density at radius 1 is 1.15 bits per heavy atom. The second kappa shape index (κ2) is 8.25. The molecule has 0 saturated carbocycles. The van der Waals surface area contributed by atoms with Gasteiger partial charge in [0.1, 0.15) is 5.75 Å². The highest BCUT2D eigenvalue weighted by atomic mass is 16.5. The second-order valence-electron chi connectivity index (χ2n) is 6.52. The SMILES string of the molecule is Cc1cc(OC(C)CC(C)C)c(CNCC(C)C)cn1. The highest BCUT2D eigenvalue weighted by molar-refractivity contribution is 5.33. The summed E-state index contributed by atoms with van der Waals surface area (Å²) in [7, 11) is 0. The van der Waals surface area contributed by atoms with Gasteiger partial charge in [-0.15, -0.1) is 0 Å². The van der Waals surface area contributed by atoms with Gasteiger partial charge in [-0.2, -0.15) is 0 Å². The number of ether oxygens (including phenoxy) is 1. The van der Waals surface area contributed by atoms with Gasteiger partial charge in [-0.25, -0.2) is 0 Å². The molecular formula is C17H30N2O. The first-order chi connectivity index (χ1) is 9.38. The molecule has 3 heteroatoms. The zero-order chi connectivity index (χ0) is 15.1. The van der Waals surface area contributed by atoms with Crippen LogP contribution in [0, 0.1) is 18.8 Å². The Labute approximate surface area is 124 Å². The summed E-state index contributed by atoms with van der Waals surface area (Å²) in [6.07, 6.45) is 3.24. The number of aryl methyl sites for hydroxylation is 1. The fourth-order valence-corrected chi connectivity index (χ4v) is 2.23. The summed E-state index contributed by atoms with van der Waals surface area (Å²) >= 11 is 0. The first-order valence-electron chi connectivity index (χ1n) is 7.71. The van der Waals surface area contributed by atoms with Gasteiger partial charge in [0.2, 0.25) is 0 Å². The standard InChI is InChI=1S/C17H30N2O/c1-12(2)7-15(6)20-17-8-14(5)19-11-16(17)10-18-9-13(3)4/h8,11-13,15,18H,7,9-10H2,1-6H3. The minimum atomic E-state index is 0.237. The molecule has 114 valence electrons. The molecule has 0 bridgehead atoms. The predicted octanol–water partition coefficient (Wildman–Crippen LogP) is 3.95. The molecule has 20 heavy (non-hydrogen) atoms. The van der Waals surface area contributed by atoms with Gasteiger partial charge in [-0.05, 0) is 38.6 Å². The van der Waals surface area contributed by atoms with E-state index >= 15 is 0 Å². The summed E-state index contributed by atoms with van der Waals surface area (Å²) in [6.45, 7) is 14.8. The average Bonchev–Trinajstić information content (AvgIpc) is 2.30. The van der Waals surface area contributed by atoms with Gasteiger partial charge in [0.05, 0.1) is 6.10 Å². The average molecular weight is 278 g/mol. The monoisotopic (exact) mass is 278 g/mol. The van der Waals surface area contributed by atoms with E-state index in [4.69, 9.17) is 4.74 Å². The number of hydrogen-bond donors (Lipinski definition) is 1. The molecule has 0 aliphatic heterocycles. The van der Waals surface area contributed by atoms with E-state index in [1.54, 1.807) is 0 Å². The van der Waals surface area contributed by atoms with Crippen LogP contribution in [-0.2, 0) is 6.54 Å². The lowest BCUT2D eigenvalue weighted by molar-refractivity contribution is 0.191. The van der Waals surface area contributed by atoms with Gasteiger partial charge in [0.15, 0.2) is 0 Å². The van der Waals surface area contributed by atoms with Crippen LogP contribution in [0.4, 0.5) is 0 Å². The number of pyridine rings is 1. The molecule has 0 aliphatic carbocycles. The molecule has 0 radical (unpaired) electrons. The Bertz CT molecular complexity index is 402. The third-order valence-corrected chi connectivity index (χ3v) is 3.08. The summed E-state index contributed by atoms with van der Waals surface area (Å²) in [5.41, 5.74) is 2.15. The number of hydrogen-bond acceptors (Lipinski definition) is 3. The summed E-state index contributed by atoms with van der Waals surface area (Å²) in [6, 6.07) is 2.04. The maximum absolute atomic E-state index is 6.11. The lowest BCUT2D eigenvalue weighted by Gasteiger charge is -2.19. The van der Waals surface area contributed by atoms with Crippen molar-refractivity contribution in [2.45, 2.75) is 60.6 Å². The van der Waals surface area contributed by atoms with Crippen LogP contribution in [0.15, 0.2) is 12.3 Å². The fourth-order valence-electron chi connectivity index (χ4n) is 2.23. The van der Waals surface area contributed by atoms with E-state index in [1.807, 2.05) is 19.2 Å². The van der Waals surface area contributed by atoms with E-state index in [0.29, 0.717) is 11.8 Å². The van der Waals surface area contributed by atoms with Crippen molar-refractivity contribution in [3.8, 4) is 5.75 Å². The molecule has 1 heterocycles. The molecule has 0 fully saturated rings. The van der Waals surface area contributed by atoms with Crippen molar-refractivity contribution in [2.75, 3.05) is 6.54 Å². The summed E-state index contributed by atoms with van der Waals surface area (Å²) < 4.78 is 6.11. The number of nitrogens with one attached hydrogen (secondary N) is 1. The third kappa shape index (κ3) is 6.38. The van der Waals surface area contributed by atoms with Gasteiger partial charge < -0.3 is 10.1 Å². The van der Waals surface area contributed by atoms with E-state index in [9.17, 15) is 0 Å². The molecule has 0 spiro atoms. The van der Waals surface area contributed by atoms with Gasteiger partial charge in [-0.1, -0.05) is 27.7 Å². The maximum atomic E-state index is 6.11. The van der Waals surface area contributed by atoms with Crippen molar-refractivity contribution < 1.29 is 4.74 Å². The van der Waals surface area contributed by atoms with Crippen LogP contribution >= 0.6 is 0 Å². The van der Waals surface area contributed by atoms with Crippen molar-refractivity contribution in [3.63, 3.8) is 0 Å². The Hall–Kier alpha value is -1.09. The van der Waals surface area contributed by atoms with Gasteiger partial charge in [0, 0.05) is 30.1 Å². The molecule has 0 saturated heterocycles. The predicted molar refractivity (Wildman–Crippen MR) is 85.1 cm³/mol. The highest BCUT2D eigenvalue weighted by Crippen LogP contribution is 2.22. The van der Waals surface area contributed by atoms with Crippen molar-refractivity contribution in [2.24, 2.45) is 11.8 Å². The Kier molecular flexibility index (Phi) is 7.00. The van der Waals surface area contributed by atoms with Crippen LogP contribution in [0.3, 0.4) is 0 Å². The van der Waals surface area contributed by atoms with E-state index in [1.165, 1.54) is 0 Å². The maximum Gasteiger partial charge on any atom is 0.127 e. The van der Waals surface area contributed by atoms with E-state index in [-0.39, 0.29) is 6.10 Å². The van der Waals surface area contributed by atoms with Crippen LogP contribution in [0.1, 0.15) is 52.3 Å². The van der Waals surface area contributed by atoms with E-state index in [2.05, 4.69) is 44.9 Å². The normalized spacial score (nSPS) is 13.0. The van der Waals surface area contributed by atoms with Crippen LogP contribution in [0.5, 0.6) is 5.75 Å². The smallest absolute Gasteiger partial charge is 0.127 e. The lowest BCUT2D eigenvalue weighted by Crippen LogP contribution is -2.21. The molecule has 1 aromatic heterocycles. The van der Waals surface area contributed by atoms with Crippen LogP contribution < -0.4 is 10.1 Å². The first kappa shape index (κ1) is 17.0. The second-order valence-corrected chi connectivity index (χ2v) is 6.52. The van der Waals surface area contributed by atoms with Crippen LogP contribution in [0.2, 0.25) is 0 Å². The van der Waals surface area contributed by atoms with Gasteiger partial charge >= 0.3 is 0 Å². The van der Waals surface area contributed by atoms with E-state index in [0.717, 1.165) is 36.5 Å². The van der Waals surface area contributed by atoms with Gasteiger partial charge in [-0.3, -0.25) is 4.98 Å². The Morgan fingerprint density at radius 3 is 2.45 bits per heavy atom. The Balaban J connectivity index is 2.69.